The van der Waals surface area contributed by atoms with Crippen LogP contribution in [0.4, 0.5) is 0 Å². The summed E-state index contributed by atoms with van der Waals surface area (Å²) in [6.07, 6.45) is 7.07. The Balaban J connectivity index is 1.67. The van der Waals surface area contributed by atoms with E-state index in [9.17, 15) is 0 Å². The van der Waals surface area contributed by atoms with Crippen molar-refractivity contribution in [3.63, 3.8) is 0 Å². The number of fused-ring (bicyclic) bond motifs is 1. The fourth-order valence-electron chi connectivity index (χ4n) is 2.33. The molecule has 0 spiro atoms. The Bertz CT molecular complexity index is 784. The molecule has 0 atom stereocenters. The van der Waals surface area contributed by atoms with Crippen LogP contribution in [0.3, 0.4) is 0 Å². The standard InChI is InChI=1S/C18H17N3/c1-13(15-7-9-19-10-8-15)3-4-14(2)16-5-6-17-18(11-16)21-12-20-17/h5-12H,1-4H2,(H,20,21). The third-order valence-corrected chi connectivity index (χ3v) is 3.65. The lowest BCUT2D eigenvalue weighted by Gasteiger charge is -2.08. The summed E-state index contributed by atoms with van der Waals surface area (Å²) >= 11 is 0. The van der Waals surface area contributed by atoms with Crippen LogP contribution in [0.2, 0.25) is 0 Å². The molecule has 0 aliphatic rings. The van der Waals surface area contributed by atoms with Crippen LogP contribution in [0.1, 0.15) is 24.0 Å². The first-order valence-electron chi connectivity index (χ1n) is 6.93. The van der Waals surface area contributed by atoms with Crippen molar-refractivity contribution in [1.29, 1.82) is 0 Å². The van der Waals surface area contributed by atoms with Crippen molar-refractivity contribution in [2.75, 3.05) is 0 Å². The Kier molecular flexibility index (Phi) is 3.65. The maximum absolute atomic E-state index is 4.28. The van der Waals surface area contributed by atoms with Crippen LogP contribution in [-0.4, -0.2) is 15.0 Å². The summed E-state index contributed by atoms with van der Waals surface area (Å²) in [7, 11) is 0. The highest BCUT2D eigenvalue weighted by Gasteiger charge is 2.04. The summed E-state index contributed by atoms with van der Waals surface area (Å²) in [6.45, 7) is 8.34. The van der Waals surface area contributed by atoms with E-state index in [4.69, 9.17) is 0 Å². The molecule has 0 saturated carbocycles. The quantitative estimate of drug-likeness (QED) is 0.746. The van der Waals surface area contributed by atoms with Gasteiger partial charge in [-0.1, -0.05) is 19.2 Å². The number of hydrogen-bond acceptors (Lipinski definition) is 2. The maximum atomic E-state index is 4.28. The van der Waals surface area contributed by atoms with Gasteiger partial charge in [-0.2, -0.15) is 0 Å². The molecule has 0 amide bonds. The lowest BCUT2D eigenvalue weighted by atomic mass is 9.97. The molecule has 104 valence electrons. The van der Waals surface area contributed by atoms with Crippen molar-refractivity contribution in [1.82, 2.24) is 15.0 Å². The number of nitrogens with one attached hydrogen (secondary N) is 1. The number of aromatic nitrogens is 3. The summed E-state index contributed by atoms with van der Waals surface area (Å²) < 4.78 is 0. The predicted octanol–water partition coefficient (Wildman–Crippen LogP) is 4.46. The Morgan fingerprint density at radius 1 is 0.952 bits per heavy atom. The molecule has 0 aliphatic heterocycles. The van der Waals surface area contributed by atoms with Gasteiger partial charge in [0.2, 0.25) is 0 Å². The number of H-pyrrole nitrogens is 1. The zero-order chi connectivity index (χ0) is 14.7. The van der Waals surface area contributed by atoms with Gasteiger partial charge in [-0.25, -0.2) is 4.98 Å². The molecule has 3 heteroatoms. The number of imidazole rings is 1. The maximum Gasteiger partial charge on any atom is 0.0931 e. The number of aromatic amines is 1. The second-order valence-electron chi connectivity index (χ2n) is 5.08. The minimum atomic E-state index is 0.886. The number of rotatable bonds is 5. The van der Waals surface area contributed by atoms with Gasteiger partial charge >= 0.3 is 0 Å². The van der Waals surface area contributed by atoms with Crippen LogP contribution in [0.25, 0.3) is 22.2 Å². The van der Waals surface area contributed by atoms with Gasteiger partial charge in [-0.3, -0.25) is 4.98 Å². The number of benzene rings is 1. The smallest absolute Gasteiger partial charge is 0.0931 e. The topological polar surface area (TPSA) is 41.6 Å². The Morgan fingerprint density at radius 3 is 2.43 bits per heavy atom. The molecular formula is C18H17N3. The Labute approximate surface area is 124 Å². The van der Waals surface area contributed by atoms with Crippen molar-refractivity contribution in [3.8, 4) is 0 Å². The number of pyridine rings is 1. The molecule has 3 rings (SSSR count). The summed E-state index contributed by atoms with van der Waals surface area (Å²) in [6, 6.07) is 10.2. The van der Waals surface area contributed by atoms with Gasteiger partial charge in [0.25, 0.3) is 0 Å². The van der Waals surface area contributed by atoms with Gasteiger partial charge in [-0.15, -0.1) is 0 Å². The normalized spacial score (nSPS) is 10.7. The van der Waals surface area contributed by atoms with Gasteiger partial charge in [-0.05, 0) is 59.4 Å². The lowest BCUT2D eigenvalue weighted by Crippen LogP contribution is -1.88. The molecule has 21 heavy (non-hydrogen) atoms. The molecule has 0 saturated heterocycles. The molecule has 0 fully saturated rings. The van der Waals surface area contributed by atoms with Gasteiger partial charge in [0, 0.05) is 12.4 Å². The van der Waals surface area contributed by atoms with Crippen molar-refractivity contribution in [2.24, 2.45) is 0 Å². The minimum absolute atomic E-state index is 0.886. The summed E-state index contributed by atoms with van der Waals surface area (Å²) in [5, 5.41) is 0. The van der Waals surface area contributed by atoms with Crippen molar-refractivity contribution >= 4 is 22.2 Å². The molecule has 0 aliphatic carbocycles. The largest absolute Gasteiger partial charge is 0.345 e. The highest BCUT2D eigenvalue weighted by molar-refractivity contribution is 5.80. The van der Waals surface area contributed by atoms with E-state index in [1.54, 1.807) is 18.7 Å². The van der Waals surface area contributed by atoms with E-state index in [0.29, 0.717) is 0 Å². The molecular weight excluding hydrogens is 258 g/mol. The first-order valence-corrected chi connectivity index (χ1v) is 6.93. The van der Waals surface area contributed by atoms with Crippen LogP contribution in [0, 0.1) is 0 Å². The van der Waals surface area contributed by atoms with Crippen LogP contribution < -0.4 is 0 Å². The number of allylic oxidation sites excluding steroid dienone is 2. The Hall–Kier alpha value is -2.68. The van der Waals surface area contributed by atoms with E-state index in [1.165, 1.54) is 0 Å². The first kappa shape index (κ1) is 13.3. The SMILES string of the molecule is C=C(CCC(=C)c1ccc2[nH]cnc2c1)c1ccncc1. The second kappa shape index (κ2) is 5.75. The molecule has 0 radical (unpaired) electrons. The average molecular weight is 275 g/mol. The van der Waals surface area contributed by atoms with Crippen LogP contribution in [0.5, 0.6) is 0 Å². The van der Waals surface area contributed by atoms with Crippen LogP contribution in [0.15, 0.2) is 62.2 Å². The summed E-state index contributed by atoms with van der Waals surface area (Å²) in [5.41, 5.74) is 6.52. The molecule has 1 aromatic carbocycles. The van der Waals surface area contributed by atoms with Crippen molar-refractivity contribution in [2.45, 2.75) is 12.8 Å². The molecule has 0 bridgehead atoms. The molecule has 3 nitrogen and oxygen atoms in total. The van der Waals surface area contributed by atoms with Crippen LogP contribution in [-0.2, 0) is 0 Å². The number of nitrogens with zero attached hydrogens (tertiary/aromatic N) is 2. The van der Waals surface area contributed by atoms with Gasteiger partial charge in [0.05, 0.1) is 17.4 Å². The summed E-state index contributed by atoms with van der Waals surface area (Å²) in [4.78, 5) is 11.4. The average Bonchev–Trinajstić information content (AvgIpc) is 3.00. The molecule has 0 unspecified atom stereocenters. The monoisotopic (exact) mass is 275 g/mol. The lowest BCUT2D eigenvalue weighted by molar-refractivity contribution is 1.09. The van der Waals surface area contributed by atoms with E-state index in [1.807, 2.05) is 18.2 Å². The fraction of sp³-hybridized carbons (Fsp3) is 0.111. The number of hydrogen-bond donors (Lipinski definition) is 1. The van der Waals surface area contributed by atoms with Gasteiger partial charge in [0.15, 0.2) is 0 Å². The molecule has 2 aromatic heterocycles. The third kappa shape index (κ3) is 2.92. The zero-order valence-electron chi connectivity index (χ0n) is 11.8. The van der Waals surface area contributed by atoms with E-state index in [2.05, 4.69) is 40.2 Å². The predicted molar refractivity (Wildman–Crippen MR) is 87.6 cm³/mol. The van der Waals surface area contributed by atoms with E-state index in [-0.39, 0.29) is 0 Å². The van der Waals surface area contributed by atoms with Gasteiger partial charge < -0.3 is 4.98 Å². The first-order chi connectivity index (χ1) is 10.2. The van der Waals surface area contributed by atoms with E-state index in [0.717, 1.165) is 46.1 Å². The fourth-order valence-corrected chi connectivity index (χ4v) is 2.33. The van der Waals surface area contributed by atoms with E-state index < -0.39 is 0 Å². The van der Waals surface area contributed by atoms with Crippen molar-refractivity contribution in [3.05, 3.63) is 73.3 Å². The zero-order valence-corrected chi connectivity index (χ0v) is 11.8. The summed E-state index contributed by atoms with van der Waals surface area (Å²) in [5.74, 6) is 0. The van der Waals surface area contributed by atoms with Crippen LogP contribution >= 0.6 is 0 Å². The highest BCUT2D eigenvalue weighted by Crippen LogP contribution is 2.25. The van der Waals surface area contributed by atoms with E-state index >= 15 is 0 Å². The third-order valence-electron chi connectivity index (χ3n) is 3.65. The van der Waals surface area contributed by atoms with Gasteiger partial charge in [0.1, 0.15) is 0 Å². The molecule has 1 N–H and O–H groups in total. The molecule has 3 aromatic rings. The second-order valence-corrected chi connectivity index (χ2v) is 5.08. The molecule has 2 heterocycles. The van der Waals surface area contributed by atoms with Crippen molar-refractivity contribution < 1.29 is 0 Å². The highest BCUT2D eigenvalue weighted by atomic mass is 14.9. The minimum Gasteiger partial charge on any atom is -0.345 e. The Morgan fingerprint density at radius 2 is 1.67 bits per heavy atom.